The van der Waals surface area contributed by atoms with E-state index in [1.165, 1.54) is 310 Å². The Morgan fingerprint density at radius 1 is 0.306 bits per heavy atom. The van der Waals surface area contributed by atoms with Crippen molar-refractivity contribution in [2.24, 2.45) is 0 Å². The third-order valence-corrected chi connectivity index (χ3v) is 20.3. The van der Waals surface area contributed by atoms with Crippen LogP contribution in [0.15, 0.2) is 24.3 Å². The third-order valence-electron chi connectivity index (χ3n) is 17.6. The van der Waals surface area contributed by atoms with Crippen molar-refractivity contribution >= 4 is 90.7 Å². The minimum atomic E-state index is -0.0397. The van der Waals surface area contributed by atoms with Crippen molar-refractivity contribution in [2.75, 3.05) is 0 Å². The molecule has 398 valence electrons. The first-order valence-corrected chi connectivity index (χ1v) is 34.2. The van der Waals surface area contributed by atoms with Crippen molar-refractivity contribution in [2.45, 2.75) is 295 Å². The highest BCUT2D eigenvalue weighted by Crippen LogP contribution is 2.63. The molecule has 2 heterocycles. The number of hydrogen-bond acceptors (Lipinski definition) is 6. The predicted molar refractivity (Wildman–Crippen MR) is 334 cm³/mol. The highest BCUT2D eigenvalue weighted by Gasteiger charge is 2.49. The van der Waals surface area contributed by atoms with Crippen LogP contribution in [0.5, 0.6) is 0 Å². The van der Waals surface area contributed by atoms with Gasteiger partial charge in [0.05, 0.1) is 23.5 Å². The summed E-state index contributed by atoms with van der Waals surface area (Å²) in [5, 5.41) is 0. The van der Waals surface area contributed by atoms with Crippen molar-refractivity contribution < 1.29 is 0 Å². The molecule has 2 aliphatic carbocycles. The lowest BCUT2D eigenvalue weighted by Crippen LogP contribution is -2.27. The van der Waals surface area contributed by atoms with Crippen LogP contribution in [0.2, 0.25) is 0 Å². The van der Waals surface area contributed by atoms with Gasteiger partial charge >= 0.3 is 0 Å². The maximum atomic E-state index is 5.24. The first-order chi connectivity index (χ1) is 35.5. The molecule has 0 amide bonds. The molecule has 0 spiro atoms. The van der Waals surface area contributed by atoms with Gasteiger partial charge in [-0.1, -0.05) is 259 Å². The van der Waals surface area contributed by atoms with E-state index in [9.17, 15) is 0 Å². The Morgan fingerprint density at radius 2 is 0.542 bits per heavy atom. The SMILES string of the molecule is CCCCCCCCCCCC1(CCCCCCCCCCC)c2cc3c(cc2-c2c1cc(I)c1nsnc21)C(CCCCCCCCCCC)(CCCCCCCCCCC)c1cc(I)c2nsnc2c1-3. The normalized spacial score (nSPS) is 14.2. The van der Waals surface area contributed by atoms with Crippen molar-refractivity contribution in [3.8, 4) is 22.3 Å². The molecule has 8 heteroatoms. The smallest absolute Gasteiger partial charge is 0.118 e. The highest BCUT2D eigenvalue weighted by molar-refractivity contribution is 14.1. The van der Waals surface area contributed by atoms with Crippen LogP contribution in [0.3, 0.4) is 0 Å². The van der Waals surface area contributed by atoms with E-state index in [0.29, 0.717) is 0 Å². The number of hydrogen-bond donors (Lipinski definition) is 0. The number of benzene rings is 3. The van der Waals surface area contributed by atoms with E-state index in [1.54, 1.807) is 22.3 Å². The Morgan fingerprint density at radius 3 is 0.806 bits per heavy atom. The molecule has 0 aliphatic heterocycles. The second kappa shape index (κ2) is 31.2. The van der Waals surface area contributed by atoms with Gasteiger partial charge < -0.3 is 0 Å². The van der Waals surface area contributed by atoms with Gasteiger partial charge in [-0.25, -0.2) is 0 Å². The molecule has 4 nitrogen and oxygen atoms in total. The average molecular weight is 1240 g/mol. The molecule has 3 aromatic carbocycles. The predicted octanol–water partition coefficient (Wildman–Crippen LogP) is 23.1. The largest absolute Gasteiger partial charge is 0.172 e. The van der Waals surface area contributed by atoms with Crippen molar-refractivity contribution in [1.82, 2.24) is 17.5 Å². The van der Waals surface area contributed by atoms with E-state index in [1.807, 2.05) is 0 Å². The highest BCUT2D eigenvalue weighted by atomic mass is 127. The van der Waals surface area contributed by atoms with E-state index < -0.39 is 0 Å². The quantitative estimate of drug-likeness (QED) is 0.0290. The number of rotatable bonds is 40. The molecule has 72 heavy (non-hydrogen) atoms. The van der Waals surface area contributed by atoms with Crippen LogP contribution in [-0.4, -0.2) is 17.5 Å². The molecule has 2 aliphatic rings. The number of unbranched alkanes of at least 4 members (excludes halogenated alkanes) is 32. The summed E-state index contributed by atoms with van der Waals surface area (Å²) in [4.78, 5) is 0. The summed E-state index contributed by atoms with van der Waals surface area (Å²) in [6, 6.07) is 10.8. The summed E-state index contributed by atoms with van der Waals surface area (Å²) in [6.45, 7) is 9.33. The van der Waals surface area contributed by atoms with Crippen LogP contribution >= 0.6 is 68.6 Å². The molecule has 0 saturated heterocycles. The lowest BCUT2D eigenvalue weighted by atomic mass is 9.68. The van der Waals surface area contributed by atoms with Crippen LogP contribution in [0.1, 0.15) is 307 Å². The molecule has 0 unspecified atom stereocenters. The molecule has 0 atom stereocenters. The van der Waals surface area contributed by atoms with Gasteiger partial charge in [0.2, 0.25) is 0 Å². The zero-order chi connectivity index (χ0) is 50.4. The van der Waals surface area contributed by atoms with Crippen LogP contribution in [-0.2, 0) is 10.8 Å². The van der Waals surface area contributed by atoms with Crippen LogP contribution in [0.4, 0.5) is 0 Å². The van der Waals surface area contributed by atoms with Crippen molar-refractivity contribution in [3.63, 3.8) is 0 Å². The molecule has 0 N–H and O–H groups in total. The van der Waals surface area contributed by atoms with Gasteiger partial charge in [0, 0.05) is 29.1 Å². The number of nitrogens with zero attached hydrogens (tertiary/aromatic N) is 4. The zero-order valence-electron chi connectivity index (χ0n) is 46.0. The van der Waals surface area contributed by atoms with Crippen LogP contribution in [0, 0.1) is 7.14 Å². The topological polar surface area (TPSA) is 51.6 Å². The van der Waals surface area contributed by atoms with Gasteiger partial charge in [-0.3, -0.25) is 0 Å². The Kier molecular flexibility index (Phi) is 25.4. The summed E-state index contributed by atoms with van der Waals surface area (Å²) in [7, 11) is 0. The Bertz CT molecular complexity index is 2160. The maximum Gasteiger partial charge on any atom is 0.118 e. The summed E-state index contributed by atoms with van der Waals surface area (Å²) >= 11 is 8.06. The van der Waals surface area contributed by atoms with E-state index in [2.05, 4.69) is 97.1 Å². The summed E-state index contributed by atoms with van der Waals surface area (Å²) in [5.41, 5.74) is 16.6. The molecule has 5 aromatic rings. The number of fused-ring (bicyclic) bond motifs is 10. The molecule has 0 fully saturated rings. The van der Waals surface area contributed by atoms with E-state index >= 15 is 0 Å². The third kappa shape index (κ3) is 14.7. The summed E-state index contributed by atoms with van der Waals surface area (Å²) < 4.78 is 23.1. The van der Waals surface area contributed by atoms with Crippen LogP contribution < -0.4 is 0 Å². The van der Waals surface area contributed by atoms with Gasteiger partial charge in [0.1, 0.15) is 22.1 Å². The molecule has 7 rings (SSSR count). The number of aromatic nitrogens is 4. The summed E-state index contributed by atoms with van der Waals surface area (Å²) in [6.07, 6.45) is 53.9. The van der Waals surface area contributed by atoms with E-state index in [0.717, 1.165) is 22.1 Å². The molecular formula is C64H96I2N4S2. The van der Waals surface area contributed by atoms with E-state index in [4.69, 9.17) is 17.5 Å². The molecule has 0 radical (unpaired) electrons. The fourth-order valence-electron chi connectivity index (χ4n) is 13.5. The van der Waals surface area contributed by atoms with E-state index in [-0.39, 0.29) is 10.8 Å². The fourth-order valence-corrected chi connectivity index (χ4v) is 16.3. The first-order valence-electron chi connectivity index (χ1n) is 30.6. The maximum absolute atomic E-state index is 5.24. The summed E-state index contributed by atoms with van der Waals surface area (Å²) in [5.74, 6) is 0. The lowest BCUT2D eigenvalue weighted by molar-refractivity contribution is 0.393. The Hall–Kier alpha value is -1.24. The zero-order valence-corrected chi connectivity index (χ0v) is 51.9. The van der Waals surface area contributed by atoms with Gasteiger partial charge in [0.15, 0.2) is 0 Å². The Labute approximate surface area is 475 Å². The van der Waals surface area contributed by atoms with Gasteiger partial charge in [0.25, 0.3) is 0 Å². The molecular weight excluding hydrogens is 1140 g/mol. The van der Waals surface area contributed by atoms with Gasteiger partial charge in [-0.2, -0.15) is 17.5 Å². The first kappa shape index (κ1) is 58.4. The van der Waals surface area contributed by atoms with Gasteiger partial charge in [-0.05, 0) is 129 Å². The molecule has 0 bridgehead atoms. The molecule has 2 aromatic heterocycles. The fraction of sp³-hybridized carbons (Fsp3) is 0.719. The van der Waals surface area contributed by atoms with Gasteiger partial charge in [-0.15, -0.1) is 0 Å². The lowest BCUT2D eigenvalue weighted by Gasteiger charge is -2.35. The standard InChI is InChI=1S/C64H96I2N4S2/c1-5-9-13-17-21-25-29-33-37-41-63(42-38-34-30-26-22-18-14-10-6-2)51-45-50-52(46-49(51)57-53(63)47-55(65)59-61(57)69-71-67-59)64(43-39-35-31-27-23-19-15-11-7-3,44-40-36-32-28-24-20-16-12-8-4)54-48-56(66)60-62(58(50)54)70-72-68-60/h45-48H,5-44H2,1-4H3. The monoisotopic (exact) mass is 1240 g/mol. The van der Waals surface area contributed by atoms with Crippen LogP contribution in [0.25, 0.3) is 44.3 Å². The second-order valence-electron chi connectivity index (χ2n) is 22.9. The van der Waals surface area contributed by atoms with Crippen molar-refractivity contribution in [1.29, 1.82) is 0 Å². The average Bonchev–Trinajstić information content (AvgIpc) is 4.18. The number of halogens is 2. The second-order valence-corrected chi connectivity index (χ2v) is 26.3. The Balaban J connectivity index is 1.29. The minimum Gasteiger partial charge on any atom is -0.172 e. The molecule has 0 saturated carbocycles. The van der Waals surface area contributed by atoms with Crippen molar-refractivity contribution in [3.05, 3.63) is 53.7 Å². The minimum absolute atomic E-state index is 0.0397.